The van der Waals surface area contributed by atoms with E-state index in [4.69, 9.17) is 35.3 Å². The van der Waals surface area contributed by atoms with Gasteiger partial charge in [0.2, 0.25) is 5.75 Å². The Labute approximate surface area is 235 Å². The molecule has 1 aromatic heterocycles. The van der Waals surface area contributed by atoms with Crippen LogP contribution in [-0.2, 0) is 19.6 Å². The number of hydrogen-bond acceptors (Lipinski definition) is 11. The van der Waals surface area contributed by atoms with E-state index in [-0.39, 0.29) is 58.8 Å². The second kappa shape index (κ2) is 13.5. The molecule has 40 heavy (non-hydrogen) atoms. The molecule has 13 nitrogen and oxygen atoms in total. The number of methoxy groups -OCH3 is 1. The molecule has 15 heteroatoms. The summed E-state index contributed by atoms with van der Waals surface area (Å²) in [6.45, 7) is 1.30. The van der Waals surface area contributed by atoms with Gasteiger partial charge in [0, 0.05) is 19.2 Å². The number of nitrogens with one attached hydrogen (secondary N) is 1. The molecule has 4 rings (SSSR count). The summed E-state index contributed by atoms with van der Waals surface area (Å²) in [5.74, 6) is 0.138. The fourth-order valence-electron chi connectivity index (χ4n) is 3.52. The number of amides is 1. The number of carbonyl (C=O) groups excluding carboxylic acids is 1. The number of aliphatic hydroxyl groups is 1. The fourth-order valence-corrected chi connectivity index (χ4v) is 4.68. The molecule has 0 atom stereocenters. The summed E-state index contributed by atoms with van der Waals surface area (Å²) < 4.78 is 56.1. The van der Waals surface area contributed by atoms with Crippen molar-refractivity contribution >= 4 is 33.3 Å². The number of sulfonamides is 1. The van der Waals surface area contributed by atoms with Crippen molar-refractivity contribution < 1.29 is 42.0 Å². The van der Waals surface area contributed by atoms with Crippen LogP contribution in [0.5, 0.6) is 28.9 Å². The second-order valence-electron chi connectivity index (χ2n) is 8.19. The molecule has 0 spiro atoms. The molecular weight excluding hydrogens is 568 g/mol. The first-order chi connectivity index (χ1) is 19.3. The summed E-state index contributed by atoms with van der Waals surface area (Å²) in [6.07, 6.45) is 1.08. The predicted molar refractivity (Wildman–Crippen MR) is 143 cm³/mol. The van der Waals surface area contributed by atoms with Gasteiger partial charge in [0.25, 0.3) is 21.8 Å². The van der Waals surface area contributed by atoms with E-state index >= 15 is 0 Å². The molecule has 1 fully saturated rings. The number of rotatable bonds is 12. The molecule has 214 valence electrons. The van der Waals surface area contributed by atoms with E-state index in [1.165, 1.54) is 43.5 Å². The largest absolute Gasteiger partial charge is 0.497 e. The number of aromatic nitrogens is 2. The van der Waals surface area contributed by atoms with E-state index < -0.39 is 10.0 Å². The maximum atomic E-state index is 13.2. The quantitative estimate of drug-likeness (QED) is 0.317. The summed E-state index contributed by atoms with van der Waals surface area (Å²) in [6, 6.07) is 10.2. The van der Waals surface area contributed by atoms with Crippen LogP contribution in [0.2, 0.25) is 5.02 Å². The van der Waals surface area contributed by atoms with Gasteiger partial charge in [-0.25, -0.2) is 13.4 Å². The van der Waals surface area contributed by atoms with Gasteiger partial charge in [0.1, 0.15) is 30.2 Å². The Morgan fingerprint density at radius 1 is 1.10 bits per heavy atom. The van der Waals surface area contributed by atoms with Crippen LogP contribution < -0.4 is 23.7 Å². The molecule has 0 bridgehead atoms. The van der Waals surface area contributed by atoms with Crippen LogP contribution in [-0.4, -0.2) is 87.5 Å². The van der Waals surface area contributed by atoms with Crippen LogP contribution >= 0.6 is 11.6 Å². The number of aliphatic hydroxyl groups excluding tert-OH is 1. The Bertz CT molecular complexity index is 1420. The zero-order valence-electron chi connectivity index (χ0n) is 21.4. The number of benzene rings is 2. The summed E-state index contributed by atoms with van der Waals surface area (Å²) in [5, 5.41) is 9.39. The molecule has 1 aliphatic rings. The molecule has 0 aliphatic carbocycles. The van der Waals surface area contributed by atoms with Gasteiger partial charge >= 0.3 is 0 Å². The number of anilines is 1. The van der Waals surface area contributed by atoms with E-state index in [9.17, 15) is 18.3 Å². The molecule has 0 unspecified atom stereocenters. The minimum Gasteiger partial charge on any atom is -0.497 e. The summed E-state index contributed by atoms with van der Waals surface area (Å²) in [4.78, 5) is 21.8. The van der Waals surface area contributed by atoms with Gasteiger partial charge in [0.05, 0.1) is 36.8 Å². The lowest BCUT2D eigenvalue weighted by Gasteiger charge is -2.26. The first-order valence-electron chi connectivity index (χ1n) is 12.0. The molecule has 2 aromatic carbocycles. The normalized spacial score (nSPS) is 13.4. The second-order valence-corrected chi connectivity index (χ2v) is 10.3. The van der Waals surface area contributed by atoms with Crippen molar-refractivity contribution in [3.63, 3.8) is 0 Å². The van der Waals surface area contributed by atoms with Crippen LogP contribution in [0.25, 0.3) is 0 Å². The lowest BCUT2D eigenvalue weighted by atomic mass is 10.3. The van der Waals surface area contributed by atoms with Crippen LogP contribution in [0, 0.1) is 0 Å². The Morgan fingerprint density at radius 2 is 1.82 bits per heavy atom. The Hall–Kier alpha value is -3.85. The van der Waals surface area contributed by atoms with Gasteiger partial charge < -0.3 is 33.7 Å². The number of halogens is 1. The highest BCUT2D eigenvalue weighted by Gasteiger charge is 2.23. The average molecular weight is 595 g/mol. The third-order valence-electron chi connectivity index (χ3n) is 5.54. The monoisotopic (exact) mass is 594 g/mol. The highest BCUT2D eigenvalue weighted by atomic mass is 35.5. The summed E-state index contributed by atoms with van der Waals surface area (Å²) in [7, 11) is -2.72. The first kappa shape index (κ1) is 29.1. The number of hydrogen-bond donors (Lipinski definition) is 2. The third kappa shape index (κ3) is 7.41. The Kier molecular flexibility index (Phi) is 9.82. The smallest absolute Gasteiger partial charge is 0.263 e. The lowest BCUT2D eigenvalue weighted by Crippen LogP contribution is -2.42. The van der Waals surface area contributed by atoms with Crippen molar-refractivity contribution in [1.82, 2.24) is 14.9 Å². The minimum absolute atomic E-state index is 0.110. The van der Waals surface area contributed by atoms with Crippen LogP contribution in [0.1, 0.15) is 0 Å². The number of carbonyl (C=O) groups is 1. The van der Waals surface area contributed by atoms with E-state index in [0.29, 0.717) is 37.8 Å². The van der Waals surface area contributed by atoms with E-state index in [1.807, 2.05) is 0 Å². The maximum absolute atomic E-state index is 13.2. The Balaban J connectivity index is 1.52. The molecule has 0 saturated carbocycles. The average Bonchev–Trinajstić information content (AvgIpc) is 2.97. The lowest BCUT2D eigenvalue weighted by molar-refractivity contribution is -0.137. The summed E-state index contributed by atoms with van der Waals surface area (Å²) >= 11 is 6.26. The van der Waals surface area contributed by atoms with Gasteiger partial charge in [0.15, 0.2) is 12.4 Å². The number of ether oxygens (including phenoxy) is 5. The maximum Gasteiger partial charge on any atom is 0.263 e. The van der Waals surface area contributed by atoms with Gasteiger partial charge in [-0.1, -0.05) is 11.6 Å². The van der Waals surface area contributed by atoms with Gasteiger partial charge in [-0.05, 0) is 36.4 Å². The zero-order valence-corrected chi connectivity index (χ0v) is 23.0. The fraction of sp³-hybridized carbons (Fsp3) is 0.320. The Morgan fingerprint density at radius 3 is 2.52 bits per heavy atom. The minimum atomic E-state index is -4.18. The van der Waals surface area contributed by atoms with Crippen LogP contribution in [0.3, 0.4) is 0 Å². The predicted octanol–water partition coefficient (Wildman–Crippen LogP) is 2.34. The van der Waals surface area contributed by atoms with Crippen molar-refractivity contribution in [1.29, 1.82) is 0 Å². The van der Waals surface area contributed by atoms with Crippen LogP contribution in [0.15, 0.2) is 53.7 Å². The molecular formula is C25H27ClN4O9S. The van der Waals surface area contributed by atoms with E-state index in [0.717, 1.165) is 6.33 Å². The van der Waals surface area contributed by atoms with Gasteiger partial charge in [-0.15, -0.1) is 0 Å². The van der Waals surface area contributed by atoms with Crippen LogP contribution in [0.4, 0.5) is 5.82 Å². The molecule has 2 N–H and O–H groups in total. The van der Waals surface area contributed by atoms with Crippen molar-refractivity contribution in [2.24, 2.45) is 0 Å². The van der Waals surface area contributed by atoms with Crippen molar-refractivity contribution in [2.45, 2.75) is 4.90 Å². The van der Waals surface area contributed by atoms with E-state index in [1.54, 1.807) is 11.0 Å². The standard InChI is InChI=1S/C25H27ClN4O9S/c1-35-18-4-7-20(26)21(14-18)39-23-24(27-16-28-25(23)37-13-10-31)29-40(33,34)19-5-2-17(3-6-19)38-15-22(32)30-8-11-36-12-9-30/h2-7,14,16,31H,8-13,15H2,1H3,(H,27,28,29). The van der Waals surface area contributed by atoms with Crippen molar-refractivity contribution in [2.75, 3.05) is 58.0 Å². The topological polar surface area (TPSA) is 159 Å². The van der Waals surface area contributed by atoms with Crippen molar-refractivity contribution in [3.8, 4) is 28.9 Å². The molecule has 1 saturated heterocycles. The van der Waals surface area contributed by atoms with Gasteiger partial charge in [-0.3, -0.25) is 9.52 Å². The SMILES string of the molecule is COc1ccc(Cl)c(Oc2c(NS(=O)(=O)c3ccc(OCC(=O)N4CCOCC4)cc3)ncnc2OCCO)c1. The molecule has 2 heterocycles. The zero-order chi connectivity index (χ0) is 28.5. The highest BCUT2D eigenvalue weighted by molar-refractivity contribution is 7.92. The first-order valence-corrected chi connectivity index (χ1v) is 13.9. The number of morpholine rings is 1. The molecule has 1 amide bonds. The van der Waals surface area contributed by atoms with Crippen molar-refractivity contribution in [3.05, 3.63) is 53.8 Å². The third-order valence-corrected chi connectivity index (χ3v) is 7.21. The molecule has 0 radical (unpaired) electrons. The number of nitrogens with zero attached hydrogens (tertiary/aromatic N) is 3. The van der Waals surface area contributed by atoms with E-state index in [2.05, 4.69) is 14.7 Å². The molecule has 3 aromatic rings. The van der Waals surface area contributed by atoms with Gasteiger partial charge in [-0.2, -0.15) is 4.98 Å². The molecule has 1 aliphatic heterocycles. The highest BCUT2D eigenvalue weighted by Crippen LogP contribution is 2.40. The summed E-state index contributed by atoms with van der Waals surface area (Å²) in [5.41, 5.74) is 0.